The second-order valence-electron chi connectivity index (χ2n) is 6.79. The van der Waals surface area contributed by atoms with Gasteiger partial charge in [-0.15, -0.1) is 23.1 Å². The fourth-order valence-corrected chi connectivity index (χ4v) is 6.38. The van der Waals surface area contributed by atoms with E-state index in [-0.39, 0.29) is 18.2 Å². The lowest BCUT2D eigenvalue weighted by Gasteiger charge is -2.19. The van der Waals surface area contributed by atoms with Crippen LogP contribution >= 0.6 is 23.1 Å². The third-order valence-electron chi connectivity index (χ3n) is 4.82. The average Bonchev–Trinajstić information content (AvgIpc) is 3.42. The van der Waals surface area contributed by atoms with Crippen LogP contribution < -0.4 is 9.62 Å². The SMILES string of the molecule is O=C(NCCS(=O)(=O)N1CCc2ccccc21)c1ccccc1SCc1cscn1. The molecule has 0 unspecified atom stereocenters. The summed E-state index contributed by atoms with van der Waals surface area (Å²) in [6, 6.07) is 14.9. The fourth-order valence-electron chi connectivity index (χ4n) is 3.34. The molecule has 1 aliphatic rings. The van der Waals surface area contributed by atoms with Gasteiger partial charge in [0.2, 0.25) is 10.0 Å². The van der Waals surface area contributed by atoms with Gasteiger partial charge >= 0.3 is 0 Å². The van der Waals surface area contributed by atoms with E-state index in [1.807, 2.05) is 41.8 Å². The first-order chi connectivity index (χ1) is 14.5. The van der Waals surface area contributed by atoms with Crippen LogP contribution in [0.4, 0.5) is 5.69 Å². The van der Waals surface area contributed by atoms with Crippen molar-refractivity contribution in [3.05, 3.63) is 76.2 Å². The number of sulfonamides is 1. The second-order valence-corrected chi connectivity index (χ2v) is 10.5. The first-order valence-corrected chi connectivity index (χ1v) is 13.0. The second kappa shape index (κ2) is 9.20. The van der Waals surface area contributed by atoms with Crippen LogP contribution in [-0.4, -0.2) is 38.2 Å². The number of fused-ring (bicyclic) bond motifs is 1. The topological polar surface area (TPSA) is 79.4 Å². The average molecular weight is 460 g/mol. The van der Waals surface area contributed by atoms with E-state index in [4.69, 9.17) is 0 Å². The Morgan fingerprint density at radius 2 is 1.97 bits per heavy atom. The zero-order valence-corrected chi connectivity index (χ0v) is 18.6. The Balaban J connectivity index is 1.36. The molecule has 30 heavy (non-hydrogen) atoms. The molecule has 0 atom stereocenters. The van der Waals surface area contributed by atoms with E-state index in [1.165, 1.54) is 4.31 Å². The van der Waals surface area contributed by atoms with Crippen LogP contribution in [0, 0.1) is 0 Å². The van der Waals surface area contributed by atoms with Gasteiger partial charge in [0.1, 0.15) is 0 Å². The molecule has 1 amide bonds. The Morgan fingerprint density at radius 3 is 2.80 bits per heavy atom. The van der Waals surface area contributed by atoms with Gasteiger partial charge in [-0.25, -0.2) is 13.4 Å². The number of carbonyl (C=O) groups excluding carboxylic acids is 1. The Bertz CT molecular complexity index is 1130. The van der Waals surface area contributed by atoms with Gasteiger partial charge in [-0.05, 0) is 30.2 Å². The number of hydrogen-bond donors (Lipinski definition) is 1. The fraction of sp³-hybridized carbons (Fsp3) is 0.238. The number of thioether (sulfide) groups is 1. The van der Waals surface area contributed by atoms with Crippen LogP contribution in [0.2, 0.25) is 0 Å². The molecule has 2 heterocycles. The van der Waals surface area contributed by atoms with Gasteiger partial charge in [0.05, 0.1) is 28.2 Å². The highest BCUT2D eigenvalue weighted by molar-refractivity contribution is 7.98. The number of nitrogens with one attached hydrogen (secondary N) is 1. The number of hydrogen-bond acceptors (Lipinski definition) is 6. The maximum Gasteiger partial charge on any atom is 0.252 e. The summed E-state index contributed by atoms with van der Waals surface area (Å²) in [6.45, 7) is 0.511. The Kier molecular flexibility index (Phi) is 6.40. The Morgan fingerprint density at radius 1 is 1.17 bits per heavy atom. The number of nitrogens with zero attached hydrogens (tertiary/aromatic N) is 2. The lowest BCUT2D eigenvalue weighted by atomic mass is 10.2. The van der Waals surface area contributed by atoms with E-state index in [0.29, 0.717) is 24.3 Å². The van der Waals surface area contributed by atoms with Crippen molar-refractivity contribution in [2.75, 3.05) is 23.1 Å². The zero-order valence-electron chi connectivity index (χ0n) is 16.2. The Labute approximate surface area is 184 Å². The van der Waals surface area contributed by atoms with Crippen molar-refractivity contribution >= 4 is 44.7 Å². The molecule has 0 spiro atoms. The van der Waals surface area contributed by atoms with Crippen molar-refractivity contribution in [2.24, 2.45) is 0 Å². The molecule has 0 saturated carbocycles. The molecule has 3 aromatic rings. The van der Waals surface area contributed by atoms with E-state index in [0.717, 1.165) is 21.8 Å². The molecule has 9 heteroatoms. The molecular weight excluding hydrogens is 438 g/mol. The molecule has 0 radical (unpaired) electrons. The van der Waals surface area contributed by atoms with Crippen molar-refractivity contribution in [3.8, 4) is 0 Å². The minimum atomic E-state index is -3.49. The van der Waals surface area contributed by atoms with Crippen molar-refractivity contribution < 1.29 is 13.2 Å². The standard InChI is InChI=1S/C21H21N3O3S3/c25-21(18-6-2-4-8-20(18)29-14-17-13-28-15-23-17)22-10-12-30(26,27)24-11-9-16-5-1-3-7-19(16)24/h1-8,13,15H,9-12,14H2,(H,22,25). The lowest BCUT2D eigenvalue weighted by Crippen LogP contribution is -2.37. The predicted octanol–water partition coefficient (Wildman–Crippen LogP) is 3.56. The number of carbonyl (C=O) groups is 1. The monoisotopic (exact) mass is 459 g/mol. The summed E-state index contributed by atoms with van der Waals surface area (Å²) >= 11 is 3.08. The minimum Gasteiger partial charge on any atom is -0.351 e. The normalized spacial score (nSPS) is 13.3. The maximum atomic E-state index is 12.8. The minimum absolute atomic E-state index is 0.0604. The first kappa shape index (κ1) is 20.9. The third-order valence-corrected chi connectivity index (χ3v) is 8.33. The number of benzene rings is 2. The number of aromatic nitrogens is 1. The molecule has 0 aliphatic carbocycles. The van der Waals surface area contributed by atoms with E-state index < -0.39 is 10.0 Å². The molecule has 0 saturated heterocycles. The number of anilines is 1. The first-order valence-electron chi connectivity index (χ1n) is 9.50. The lowest BCUT2D eigenvalue weighted by molar-refractivity contribution is 0.0953. The van der Waals surface area contributed by atoms with Crippen LogP contribution in [0.25, 0.3) is 0 Å². The largest absolute Gasteiger partial charge is 0.351 e. The maximum absolute atomic E-state index is 12.8. The number of thiazole rings is 1. The van der Waals surface area contributed by atoms with Crippen LogP contribution in [0.5, 0.6) is 0 Å². The number of rotatable bonds is 8. The number of para-hydroxylation sites is 1. The van der Waals surface area contributed by atoms with Gasteiger partial charge < -0.3 is 5.32 Å². The van der Waals surface area contributed by atoms with Crippen LogP contribution in [0.15, 0.2) is 64.3 Å². The van der Waals surface area contributed by atoms with Crippen molar-refractivity contribution in [2.45, 2.75) is 17.1 Å². The van der Waals surface area contributed by atoms with E-state index in [9.17, 15) is 13.2 Å². The highest BCUT2D eigenvalue weighted by Gasteiger charge is 2.28. The third kappa shape index (κ3) is 4.69. The molecule has 4 rings (SSSR count). The van der Waals surface area contributed by atoms with E-state index in [1.54, 1.807) is 40.7 Å². The number of amides is 1. The van der Waals surface area contributed by atoms with Crippen molar-refractivity contribution in [1.29, 1.82) is 0 Å². The summed E-state index contributed by atoms with van der Waals surface area (Å²) in [5.41, 5.74) is 5.08. The van der Waals surface area contributed by atoms with Gasteiger partial charge in [0, 0.05) is 29.1 Å². The zero-order chi connectivity index (χ0) is 21.0. The van der Waals surface area contributed by atoms with Crippen molar-refractivity contribution in [3.63, 3.8) is 0 Å². The van der Waals surface area contributed by atoms with E-state index >= 15 is 0 Å². The highest BCUT2D eigenvalue weighted by atomic mass is 32.2. The van der Waals surface area contributed by atoms with Gasteiger partial charge in [0.25, 0.3) is 5.91 Å². The van der Waals surface area contributed by atoms with Gasteiger partial charge in [-0.2, -0.15) is 0 Å². The van der Waals surface area contributed by atoms with Crippen LogP contribution in [0.3, 0.4) is 0 Å². The van der Waals surface area contributed by atoms with Gasteiger partial charge in [-0.3, -0.25) is 9.10 Å². The molecule has 6 nitrogen and oxygen atoms in total. The molecule has 0 fully saturated rings. The van der Waals surface area contributed by atoms with Crippen LogP contribution in [0.1, 0.15) is 21.6 Å². The van der Waals surface area contributed by atoms with Gasteiger partial charge in [0.15, 0.2) is 0 Å². The van der Waals surface area contributed by atoms with Gasteiger partial charge in [-0.1, -0.05) is 30.3 Å². The Hall–Kier alpha value is -2.36. The summed E-state index contributed by atoms with van der Waals surface area (Å²) < 4.78 is 27.0. The molecular formula is C21H21N3O3S3. The molecule has 1 aromatic heterocycles. The summed E-state index contributed by atoms with van der Waals surface area (Å²) in [5, 5.41) is 4.75. The summed E-state index contributed by atoms with van der Waals surface area (Å²) in [5.74, 6) is 0.269. The molecule has 0 bridgehead atoms. The molecule has 1 N–H and O–H groups in total. The van der Waals surface area contributed by atoms with E-state index in [2.05, 4.69) is 10.3 Å². The molecule has 1 aliphatic heterocycles. The van der Waals surface area contributed by atoms with Crippen LogP contribution in [-0.2, 0) is 22.2 Å². The molecule has 156 valence electrons. The highest BCUT2D eigenvalue weighted by Crippen LogP contribution is 2.30. The molecule has 2 aromatic carbocycles. The predicted molar refractivity (Wildman–Crippen MR) is 122 cm³/mol. The summed E-state index contributed by atoms with van der Waals surface area (Å²) in [4.78, 5) is 17.8. The summed E-state index contributed by atoms with van der Waals surface area (Å²) in [7, 11) is -3.49. The van der Waals surface area contributed by atoms with Crippen molar-refractivity contribution in [1.82, 2.24) is 10.3 Å². The smallest absolute Gasteiger partial charge is 0.252 e. The summed E-state index contributed by atoms with van der Waals surface area (Å²) in [6.07, 6.45) is 0.714. The quantitative estimate of drug-likeness (QED) is 0.521.